The fourth-order valence-corrected chi connectivity index (χ4v) is 12.3. The van der Waals surface area contributed by atoms with Crippen LogP contribution >= 0.6 is 12.2 Å². The summed E-state index contributed by atoms with van der Waals surface area (Å²) in [6, 6.07) is 8.45. The third-order valence-electron chi connectivity index (χ3n) is 17.5. The molecule has 520 valence electrons. The summed E-state index contributed by atoms with van der Waals surface area (Å²) in [5.74, 6) is -15.0. The van der Waals surface area contributed by atoms with Gasteiger partial charge in [-0.1, -0.05) is 36.4 Å². The second kappa shape index (κ2) is 27.4. The number of hydrogen-bond acceptors (Lipinski definition) is 25. The maximum atomic E-state index is 15.9. The van der Waals surface area contributed by atoms with E-state index in [0.29, 0.717) is 0 Å². The number of benzene rings is 7. The SMILES string of the molecule is COC(=O)[C@@H]1NC(=O)[C@H]2NC(=O)[C@H](NC(=O)[C@@H]3NC(=O)[C@H]4NC(=O)[C@H](NC(=O)[C@H](NC(=S)N[C@@H]5O[C@H](CO)[C@@H](O)[C@H](O)[C@H]5O)c5ccc(O)c(c5)Oc5cc4cc(O)c5C)[C@H](O)c4ccc(cc4)Oc4cc3cc(c4O)Oc3ccc(cc3)[C@H]2O)c2ccc(O)c(c2)-c2c(O)cc(O)cc21. The van der Waals surface area contributed by atoms with Crippen molar-refractivity contribution in [1.29, 1.82) is 0 Å². The molecule has 0 aromatic heterocycles. The van der Waals surface area contributed by atoms with E-state index in [9.17, 15) is 70.9 Å². The highest BCUT2D eigenvalue weighted by atomic mass is 32.1. The highest BCUT2D eigenvalue weighted by molar-refractivity contribution is 7.80. The molecule has 32 nitrogen and oxygen atoms in total. The molecule has 7 aromatic carbocycles. The average molecular weight is 1400 g/mol. The molecule has 1 fully saturated rings. The topological polar surface area (TPSA) is 505 Å². The van der Waals surface area contributed by atoms with E-state index in [1.165, 1.54) is 61.5 Å². The normalized spacial score (nSPS) is 25.8. The fraction of sp³-hybridized carbons (Fsp3) is 0.254. The van der Waals surface area contributed by atoms with Crippen molar-refractivity contribution in [2.24, 2.45) is 0 Å². The molecule has 33 heteroatoms. The molecular weight excluding hydrogens is 1330 g/mol. The molecule has 100 heavy (non-hydrogen) atoms. The molecule has 1 saturated heterocycles. The predicted octanol–water partition coefficient (Wildman–Crippen LogP) is 0.871. The van der Waals surface area contributed by atoms with Crippen LogP contribution in [0.1, 0.15) is 86.9 Å². The molecule has 6 amide bonds. The van der Waals surface area contributed by atoms with Crippen LogP contribution in [0, 0.1) is 6.92 Å². The zero-order chi connectivity index (χ0) is 71.4. The second-order valence-corrected chi connectivity index (χ2v) is 24.3. The van der Waals surface area contributed by atoms with Crippen LogP contribution in [0.25, 0.3) is 11.1 Å². The number of nitrogens with one attached hydrogen (secondary N) is 8. The molecule has 14 rings (SSSR count). The van der Waals surface area contributed by atoms with Crippen molar-refractivity contribution in [3.05, 3.63) is 166 Å². The number of amides is 6. The Morgan fingerprint density at radius 2 is 1.01 bits per heavy atom. The van der Waals surface area contributed by atoms with Gasteiger partial charge in [-0.05, 0) is 131 Å². The van der Waals surface area contributed by atoms with Crippen molar-refractivity contribution in [3.63, 3.8) is 0 Å². The van der Waals surface area contributed by atoms with Gasteiger partial charge in [-0.2, -0.15) is 0 Å². The first-order chi connectivity index (χ1) is 47.7. The van der Waals surface area contributed by atoms with Gasteiger partial charge < -0.3 is 127 Å². The smallest absolute Gasteiger partial charge is 0.333 e. The van der Waals surface area contributed by atoms with E-state index in [-0.39, 0.29) is 67.3 Å². The maximum Gasteiger partial charge on any atom is 0.333 e. The first-order valence-corrected chi connectivity index (χ1v) is 30.9. The van der Waals surface area contributed by atoms with Crippen molar-refractivity contribution in [2.45, 2.75) is 92.1 Å². The predicted molar refractivity (Wildman–Crippen MR) is 344 cm³/mol. The van der Waals surface area contributed by atoms with Gasteiger partial charge in [0.25, 0.3) is 0 Å². The first-order valence-electron chi connectivity index (χ1n) is 30.5. The summed E-state index contributed by atoms with van der Waals surface area (Å²) in [7, 11) is 0.959. The van der Waals surface area contributed by atoms with Gasteiger partial charge in [0.05, 0.1) is 13.7 Å². The molecular formula is C67H62N8O24S. The number of aliphatic hydroxyl groups is 6. The monoisotopic (exact) mass is 1390 g/mol. The van der Waals surface area contributed by atoms with Gasteiger partial charge in [0.1, 0.15) is 113 Å². The molecule has 0 saturated carbocycles. The molecule has 0 unspecified atom stereocenters. The van der Waals surface area contributed by atoms with Crippen LogP contribution < -0.4 is 56.7 Å². The number of esters is 1. The lowest BCUT2D eigenvalue weighted by molar-refractivity contribution is -0.232. The number of aromatic hydroxyl groups is 6. The van der Waals surface area contributed by atoms with Crippen molar-refractivity contribution >= 4 is 58.7 Å². The summed E-state index contributed by atoms with van der Waals surface area (Å²) >= 11 is 5.57. The minimum atomic E-state index is -2.22. The Bertz CT molecular complexity index is 4490. The van der Waals surface area contributed by atoms with E-state index in [1.54, 1.807) is 0 Å². The minimum Gasteiger partial charge on any atom is -0.508 e. The lowest BCUT2D eigenvalue weighted by Gasteiger charge is -2.40. The number of fused-ring (bicyclic) bond motifs is 14. The third-order valence-corrected chi connectivity index (χ3v) is 17.7. The van der Waals surface area contributed by atoms with Gasteiger partial charge in [0, 0.05) is 28.3 Å². The van der Waals surface area contributed by atoms with Crippen LogP contribution in [0.4, 0.5) is 0 Å². The summed E-state index contributed by atoms with van der Waals surface area (Å²) in [6.45, 7) is 0.545. The van der Waals surface area contributed by atoms with E-state index >= 15 is 24.0 Å². The van der Waals surface area contributed by atoms with E-state index in [1.807, 2.05) is 0 Å². The summed E-state index contributed by atoms with van der Waals surface area (Å²) < 4.78 is 29.3. The minimum absolute atomic E-state index is 0.0505. The van der Waals surface area contributed by atoms with Crippen LogP contribution in [0.5, 0.6) is 69.0 Å². The number of aliphatic hydroxyl groups excluding tert-OH is 6. The number of phenolic OH excluding ortho intramolecular Hbond substituents is 6. The van der Waals surface area contributed by atoms with Crippen LogP contribution in [0.3, 0.4) is 0 Å². The molecule has 20 N–H and O–H groups in total. The van der Waals surface area contributed by atoms with Gasteiger partial charge >= 0.3 is 5.97 Å². The summed E-state index contributed by atoms with van der Waals surface area (Å²) in [5, 5.41) is 155. The number of hydrogen-bond donors (Lipinski definition) is 20. The summed E-state index contributed by atoms with van der Waals surface area (Å²) in [6.07, 6.45) is -12.7. The number of carbonyl (C=O) groups is 7. The Morgan fingerprint density at radius 3 is 1.61 bits per heavy atom. The van der Waals surface area contributed by atoms with Gasteiger partial charge in [0.2, 0.25) is 41.2 Å². The third kappa shape index (κ3) is 13.2. The fourth-order valence-electron chi connectivity index (χ4n) is 12.1. The van der Waals surface area contributed by atoms with E-state index in [0.717, 1.165) is 73.8 Å². The molecule has 0 spiro atoms. The number of carbonyl (C=O) groups excluding carboxylic acids is 7. The molecule has 14 atom stereocenters. The largest absolute Gasteiger partial charge is 0.508 e. The number of rotatable bonds is 4. The Hall–Kier alpha value is -11.6. The highest BCUT2D eigenvalue weighted by Gasteiger charge is 2.46. The lowest BCUT2D eigenvalue weighted by atomic mass is 9.89. The molecule has 7 heterocycles. The lowest BCUT2D eigenvalue weighted by Crippen LogP contribution is -2.64. The Balaban J connectivity index is 1.02. The van der Waals surface area contributed by atoms with Crippen LogP contribution in [-0.2, 0) is 43.0 Å². The van der Waals surface area contributed by atoms with Crippen LogP contribution in [0.2, 0.25) is 0 Å². The van der Waals surface area contributed by atoms with E-state index in [2.05, 4.69) is 42.5 Å². The standard InChI is InChI=1S/C67H62N8O24S/c1-24-38(80)16-29-18-40(24)98-41-17-28(8-14-37(41)79)47(74-67(100)75-65-58(87)57(86)56(85)44(23-76)99-65)60(89)73-51-53(82)25-3-9-32(10-4-25)96-42-19-30-20-43(55(42)84)97-33-11-5-26(6-12-33)54(83)52-64(93)71-50(66(94)95-2)35-21-31(77)22-39(81)45(35)34-15-27(7-13-36(34)78)46(59(88)72-52)68-62(91)49(30)69-61(90)48(29)70-63(51)92/h3-22,44,46-54,56-58,65,76-87H,23H2,1-2H3,(H,68,91)(H,69,90)(H,70,92)(H,71,93)(H,72,88)(H,73,89)(H2,74,75,100)/t44-,46-,47-,48+,49-,50-,51-,52+,53-,54-,56-,57+,58-,65-/m1/s1. The van der Waals surface area contributed by atoms with Crippen molar-refractivity contribution in [3.8, 4) is 80.1 Å². The van der Waals surface area contributed by atoms with Crippen molar-refractivity contribution in [2.75, 3.05) is 13.7 Å². The molecule has 0 radical (unpaired) electrons. The first kappa shape index (κ1) is 68.4. The second-order valence-electron chi connectivity index (χ2n) is 23.9. The zero-order valence-corrected chi connectivity index (χ0v) is 52.8. The molecule has 0 aliphatic carbocycles. The Kier molecular flexibility index (Phi) is 18.7. The molecule has 7 aromatic rings. The Morgan fingerprint density at radius 1 is 0.500 bits per heavy atom. The number of methoxy groups -OCH3 is 1. The van der Waals surface area contributed by atoms with Gasteiger partial charge in [-0.15, -0.1) is 0 Å². The van der Waals surface area contributed by atoms with Crippen LogP contribution in [-0.4, -0.2) is 164 Å². The van der Waals surface area contributed by atoms with Gasteiger partial charge in [-0.3, -0.25) is 28.8 Å². The molecule has 7 aliphatic heterocycles. The Labute approximate surface area is 569 Å². The highest BCUT2D eigenvalue weighted by Crippen LogP contribution is 2.47. The summed E-state index contributed by atoms with van der Waals surface area (Å²) in [5.41, 5.74) is -2.45. The van der Waals surface area contributed by atoms with Crippen molar-refractivity contribution < 1.29 is 119 Å². The average Bonchev–Trinajstić information content (AvgIpc) is 0.795. The quantitative estimate of drug-likeness (QED) is 0.0859. The number of ether oxygens (including phenoxy) is 5. The van der Waals surface area contributed by atoms with Crippen LogP contribution in [0.15, 0.2) is 121 Å². The maximum absolute atomic E-state index is 15.9. The summed E-state index contributed by atoms with van der Waals surface area (Å²) in [4.78, 5) is 106. The van der Waals surface area contributed by atoms with Gasteiger partial charge in [0.15, 0.2) is 40.4 Å². The van der Waals surface area contributed by atoms with E-state index in [4.69, 9.17) is 35.9 Å². The zero-order valence-electron chi connectivity index (χ0n) is 52.0. The van der Waals surface area contributed by atoms with Crippen molar-refractivity contribution in [1.82, 2.24) is 42.5 Å². The van der Waals surface area contributed by atoms with Gasteiger partial charge in [-0.25, -0.2) is 4.79 Å². The molecule has 17 bridgehead atoms. The van der Waals surface area contributed by atoms with E-state index < -0.39 is 196 Å². The molecule has 7 aliphatic rings. The number of phenols is 6. The number of thiocarbonyl (C=S) groups is 1.